The number of Topliss-reactive ketones (excluding diaryl/α,β-unsaturated/α-hetero) is 1. The summed E-state index contributed by atoms with van der Waals surface area (Å²) < 4.78 is 26.9. The maximum Gasteiger partial charge on any atom is 0.300 e. The quantitative estimate of drug-likeness (QED) is 0.360. The van der Waals surface area contributed by atoms with Gasteiger partial charge in [-0.1, -0.05) is 18.2 Å². The minimum absolute atomic E-state index is 0.138. The number of amides is 1. The number of anilines is 1. The number of ketones is 1. The molecule has 1 N–H and O–H groups in total. The Morgan fingerprint density at radius 1 is 0.839 bits per heavy atom. The van der Waals surface area contributed by atoms with Gasteiger partial charge in [0.2, 0.25) is 0 Å². The van der Waals surface area contributed by atoms with Gasteiger partial charge in [0.25, 0.3) is 11.7 Å². The smallest absolute Gasteiger partial charge is 0.300 e. The number of hydrogen-bond acceptors (Lipinski definition) is 3. The lowest BCUT2D eigenvalue weighted by Gasteiger charge is -2.26. The maximum atomic E-state index is 13.6. The van der Waals surface area contributed by atoms with Crippen LogP contribution in [0, 0.1) is 25.5 Å². The zero-order valence-electron chi connectivity index (χ0n) is 16.9. The van der Waals surface area contributed by atoms with E-state index in [2.05, 4.69) is 0 Å². The first-order valence-corrected chi connectivity index (χ1v) is 9.67. The van der Waals surface area contributed by atoms with Gasteiger partial charge < -0.3 is 5.11 Å². The van der Waals surface area contributed by atoms with Crippen LogP contribution in [0.3, 0.4) is 0 Å². The lowest BCUT2D eigenvalue weighted by atomic mass is 9.95. The molecule has 0 bridgehead atoms. The number of carbonyl (C=O) groups is 2. The summed E-state index contributed by atoms with van der Waals surface area (Å²) in [6, 6.07) is 14.8. The van der Waals surface area contributed by atoms with E-state index in [1.807, 2.05) is 19.9 Å². The normalized spacial score (nSPS) is 17.9. The molecule has 3 aromatic rings. The molecule has 0 aromatic heterocycles. The molecule has 156 valence electrons. The van der Waals surface area contributed by atoms with Crippen LogP contribution in [0.1, 0.15) is 28.3 Å². The first kappa shape index (κ1) is 20.5. The molecule has 1 fully saturated rings. The Balaban J connectivity index is 1.95. The van der Waals surface area contributed by atoms with E-state index < -0.39 is 35.1 Å². The number of aliphatic hydroxyl groups is 1. The molecular weight excluding hydrogens is 400 g/mol. The standard InChI is InChI=1S/C25H19F2NO3/c1-14-3-12-20(13-15(14)2)28-22(16-4-8-18(26)9-5-16)21(24(30)25(28)31)23(29)17-6-10-19(27)11-7-17/h3-13,22,29H,1-2H3/b23-21+. The molecule has 4 nitrogen and oxygen atoms in total. The fraction of sp³-hybridized carbons (Fsp3) is 0.120. The number of carbonyl (C=O) groups excluding carboxylic acids is 2. The number of aryl methyl sites for hydroxylation is 2. The van der Waals surface area contributed by atoms with Gasteiger partial charge in [0.05, 0.1) is 11.6 Å². The Bertz CT molecular complexity index is 1210. The SMILES string of the molecule is Cc1ccc(N2C(=O)C(=O)/C(=C(/O)c3ccc(F)cc3)C2c2ccc(F)cc2)cc1C. The van der Waals surface area contributed by atoms with Crippen molar-refractivity contribution in [3.8, 4) is 0 Å². The van der Waals surface area contributed by atoms with Crippen LogP contribution in [0.2, 0.25) is 0 Å². The zero-order chi connectivity index (χ0) is 22.3. The third-order valence-electron chi connectivity index (χ3n) is 5.52. The fourth-order valence-corrected chi connectivity index (χ4v) is 3.70. The van der Waals surface area contributed by atoms with Crippen molar-refractivity contribution in [2.45, 2.75) is 19.9 Å². The summed E-state index contributed by atoms with van der Waals surface area (Å²) in [7, 11) is 0. The Morgan fingerprint density at radius 3 is 2.00 bits per heavy atom. The fourth-order valence-electron chi connectivity index (χ4n) is 3.70. The van der Waals surface area contributed by atoms with Crippen LogP contribution in [0.4, 0.5) is 14.5 Å². The number of benzene rings is 3. The second-order valence-corrected chi connectivity index (χ2v) is 7.50. The number of rotatable bonds is 3. The molecule has 0 saturated carbocycles. The summed E-state index contributed by atoms with van der Waals surface area (Å²) >= 11 is 0. The zero-order valence-corrected chi connectivity index (χ0v) is 16.9. The van der Waals surface area contributed by atoms with Crippen molar-refractivity contribution in [1.29, 1.82) is 0 Å². The number of aliphatic hydroxyl groups excluding tert-OH is 1. The Labute approximate surface area is 178 Å². The average molecular weight is 419 g/mol. The molecule has 3 aromatic carbocycles. The van der Waals surface area contributed by atoms with Gasteiger partial charge in [-0.3, -0.25) is 14.5 Å². The predicted molar refractivity (Wildman–Crippen MR) is 113 cm³/mol. The molecular formula is C25H19F2NO3. The Morgan fingerprint density at radius 2 is 1.42 bits per heavy atom. The minimum Gasteiger partial charge on any atom is -0.507 e. The Hall–Kier alpha value is -3.80. The van der Waals surface area contributed by atoms with Crippen LogP contribution in [0.25, 0.3) is 5.76 Å². The number of nitrogens with zero attached hydrogens (tertiary/aromatic N) is 1. The molecule has 1 aliphatic rings. The van der Waals surface area contributed by atoms with Crippen molar-refractivity contribution >= 4 is 23.1 Å². The van der Waals surface area contributed by atoms with E-state index in [4.69, 9.17) is 0 Å². The highest BCUT2D eigenvalue weighted by Crippen LogP contribution is 2.42. The van der Waals surface area contributed by atoms with Crippen molar-refractivity contribution in [2.75, 3.05) is 4.90 Å². The molecule has 31 heavy (non-hydrogen) atoms. The van der Waals surface area contributed by atoms with Gasteiger partial charge in [-0.05, 0) is 79.1 Å². The van der Waals surface area contributed by atoms with E-state index in [-0.39, 0.29) is 11.1 Å². The summed E-state index contributed by atoms with van der Waals surface area (Å²) in [6.45, 7) is 3.82. The van der Waals surface area contributed by atoms with E-state index in [0.717, 1.165) is 23.3 Å². The van der Waals surface area contributed by atoms with Gasteiger partial charge in [-0.25, -0.2) is 8.78 Å². The van der Waals surface area contributed by atoms with E-state index >= 15 is 0 Å². The highest BCUT2D eigenvalue weighted by Gasteiger charge is 2.47. The molecule has 1 heterocycles. The summed E-state index contributed by atoms with van der Waals surface area (Å²) in [6.07, 6.45) is 0. The highest BCUT2D eigenvalue weighted by atomic mass is 19.1. The summed E-state index contributed by atoms with van der Waals surface area (Å²) in [5.41, 5.74) is 2.95. The highest BCUT2D eigenvalue weighted by molar-refractivity contribution is 6.51. The third-order valence-corrected chi connectivity index (χ3v) is 5.52. The van der Waals surface area contributed by atoms with Crippen LogP contribution in [0.5, 0.6) is 0 Å². The van der Waals surface area contributed by atoms with Crippen molar-refractivity contribution in [3.05, 3.63) is 106 Å². The first-order valence-electron chi connectivity index (χ1n) is 9.67. The molecule has 4 rings (SSSR count). The molecule has 0 radical (unpaired) electrons. The van der Waals surface area contributed by atoms with Gasteiger partial charge >= 0.3 is 0 Å². The van der Waals surface area contributed by atoms with Crippen molar-refractivity contribution in [1.82, 2.24) is 0 Å². The van der Waals surface area contributed by atoms with E-state index in [1.165, 1.54) is 41.3 Å². The maximum absolute atomic E-state index is 13.6. The first-order chi connectivity index (χ1) is 14.8. The Kier molecular flexibility index (Phi) is 5.15. The summed E-state index contributed by atoms with van der Waals surface area (Å²) in [5.74, 6) is -3.05. The second-order valence-electron chi connectivity index (χ2n) is 7.50. The second kappa shape index (κ2) is 7.80. The topological polar surface area (TPSA) is 57.6 Å². The predicted octanol–water partition coefficient (Wildman–Crippen LogP) is 5.21. The van der Waals surface area contributed by atoms with Gasteiger partial charge in [0.15, 0.2) is 0 Å². The van der Waals surface area contributed by atoms with Crippen LogP contribution in [0.15, 0.2) is 72.3 Å². The average Bonchev–Trinajstić information content (AvgIpc) is 3.01. The molecule has 1 unspecified atom stereocenters. The monoisotopic (exact) mass is 419 g/mol. The lowest BCUT2D eigenvalue weighted by Crippen LogP contribution is -2.29. The molecule has 1 amide bonds. The van der Waals surface area contributed by atoms with Crippen molar-refractivity contribution < 1.29 is 23.5 Å². The third kappa shape index (κ3) is 3.61. The van der Waals surface area contributed by atoms with Crippen molar-refractivity contribution in [2.24, 2.45) is 0 Å². The molecule has 1 atom stereocenters. The van der Waals surface area contributed by atoms with Gasteiger partial charge in [-0.15, -0.1) is 0 Å². The molecule has 1 saturated heterocycles. The van der Waals surface area contributed by atoms with Crippen LogP contribution < -0.4 is 4.90 Å². The van der Waals surface area contributed by atoms with Crippen LogP contribution in [-0.2, 0) is 9.59 Å². The van der Waals surface area contributed by atoms with Gasteiger partial charge in [0.1, 0.15) is 17.4 Å². The molecule has 0 spiro atoms. The largest absolute Gasteiger partial charge is 0.507 e. The lowest BCUT2D eigenvalue weighted by molar-refractivity contribution is -0.132. The molecule has 6 heteroatoms. The molecule has 0 aliphatic carbocycles. The minimum atomic E-state index is -0.965. The molecule has 1 aliphatic heterocycles. The van der Waals surface area contributed by atoms with Gasteiger partial charge in [0, 0.05) is 11.3 Å². The summed E-state index contributed by atoms with van der Waals surface area (Å²) in [5, 5.41) is 10.9. The van der Waals surface area contributed by atoms with Crippen molar-refractivity contribution in [3.63, 3.8) is 0 Å². The van der Waals surface area contributed by atoms with E-state index in [9.17, 15) is 23.5 Å². The van der Waals surface area contributed by atoms with Gasteiger partial charge in [-0.2, -0.15) is 0 Å². The number of halogens is 2. The van der Waals surface area contributed by atoms with E-state index in [0.29, 0.717) is 11.3 Å². The van der Waals surface area contributed by atoms with Crippen LogP contribution >= 0.6 is 0 Å². The number of hydrogen-bond donors (Lipinski definition) is 1. The van der Waals surface area contributed by atoms with E-state index in [1.54, 1.807) is 12.1 Å². The van der Waals surface area contributed by atoms with Crippen LogP contribution in [-0.4, -0.2) is 16.8 Å². The summed E-state index contributed by atoms with van der Waals surface area (Å²) in [4.78, 5) is 27.4.